The number of ether oxygens (including phenoxy) is 2. The molecular weight excluding hydrogens is 392 g/mol. The molecule has 3 atom stereocenters. The van der Waals surface area contributed by atoms with Crippen LogP contribution < -0.4 is 10.6 Å². The monoisotopic (exact) mass is 422 g/mol. The fourth-order valence-corrected chi connectivity index (χ4v) is 3.83. The smallest absolute Gasteiger partial charge is 0.338 e. The van der Waals surface area contributed by atoms with Gasteiger partial charge < -0.3 is 20.1 Å². The Labute approximate surface area is 176 Å². The summed E-state index contributed by atoms with van der Waals surface area (Å²) in [5, 5.41) is 5.73. The standard InChI is InChI=1S/C21H30N2O5S/c1-4-15(5-2)22-19(24)16(13-29-12-14-10-8-7-9-11-14)23-20(25)17-18(28-17)21(26)27-6-3/h7-11,15-18H,4-6,12-13H2,1-3H3,(H,22,24)(H,23,25)/t16?,17-,18-/m0/s1. The van der Waals surface area contributed by atoms with Crippen LogP contribution in [0.1, 0.15) is 39.2 Å². The molecule has 1 aliphatic heterocycles. The third-order valence-electron chi connectivity index (χ3n) is 4.63. The molecule has 1 aromatic carbocycles. The second-order valence-corrected chi connectivity index (χ2v) is 7.84. The van der Waals surface area contributed by atoms with Crippen LogP contribution in [0.2, 0.25) is 0 Å². The van der Waals surface area contributed by atoms with Crippen molar-refractivity contribution in [2.45, 2.75) is 63.7 Å². The van der Waals surface area contributed by atoms with E-state index in [0.717, 1.165) is 24.2 Å². The molecule has 2 N–H and O–H groups in total. The summed E-state index contributed by atoms with van der Waals surface area (Å²) in [7, 11) is 0. The number of hydrogen-bond acceptors (Lipinski definition) is 6. The topological polar surface area (TPSA) is 97.0 Å². The molecule has 0 saturated carbocycles. The van der Waals surface area contributed by atoms with Crippen LogP contribution in [0, 0.1) is 0 Å². The number of epoxide rings is 1. The van der Waals surface area contributed by atoms with Gasteiger partial charge in [-0.2, -0.15) is 11.8 Å². The number of thioether (sulfide) groups is 1. The first-order valence-corrected chi connectivity index (χ1v) is 11.2. The summed E-state index contributed by atoms with van der Waals surface area (Å²) in [5.74, 6) is -0.0848. The maximum absolute atomic E-state index is 12.7. The Balaban J connectivity index is 1.93. The van der Waals surface area contributed by atoms with Gasteiger partial charge in [0.1, 0.15) is 6.04 Å². The minimum atomic E-state index is -0.892. The predicted molar refractivity (Wildman–Crippen MR) is 112 cm³/mol. The lowest BCUT2D eigenvalue weighted by molar-refractivity contribution is -0.144. The van der Waals surface area contributed by atoms with Crippen molar-refractivity contribution < 1.29 is 23.9 Å². The molecule has 1 saturated heterocycles. The van der Waals surface area contributed by atoms with Gasteiger partial charge in [0.2, 0.25) is 5.91 Å². The van der Waals surface area contributed by atoms with Crippen LogP contribution in [0.25, 0.3) is 0 Å². The molecule has 0 bridgehead atoms. The average molecular weight is 423 g/mol. The Morgan fingerprint density at radius 1 is 1.07 bits per heavy atom. The highest BCUT2D eigenvalue weighted by molar-refractivity contribution is 7.98. The third-order valence-corrected chi connectivity index (χ3v) is 5.74. The van der Waals surface area contributed by atoms with Crippen molar-refractivity contribution in [2.75, 3.05) is 12.4 Å². The van der Waals surface area contributed by atoms with Gasteiger partial charge in [-0.05, 0) is 25.3 Å². The van der Waals surface area contributed by atoms with Crippen LogP contribution in [0.4, 0.5) is 0 Å². The highest BCUT2D eigenvalue weighted by atomic mass is 32.2. The van der Waals surface area contributed by atoms with E-state index >= 15 is 0 Å². The maximum Gasteiger partial charge on any atom is 0.338 e. The normalized spacial score (nSPS) is 18.8. The van der Waals surface area contributed by atoms with E-state index in [0.29, 0.717) is 5.75 Å². The zero-order valence-electron chi connectivity index (χ0n) is 17.2. The maximum atomic E-state index is 12.7. The highest BCUT2D eigenvalue weighted by Gasteiger charge is 2.52. The average Bonchev–Trinajstić information content (AvgIpc) is 3.53. The number of benzene rings is 1. The first-order valence-electron chi connectivity index (χ1n) is 10.0. The number of hydrogen-bond donors (Lipinski definition) is 2. The molecule has 7 nitrogen and oxygen atoms in total. The van der Waals surface area contributed by atoms with Gasteiger partial charge in [0.15, 0.2) is 12.2 Å². The van der Waals surface area contributed by atoms with Crippen LogP contribution >= 0.6 is 11.8 Å². The molecular formula is C21H30N2O5S. The Kier molecular flexibility index (Phi) is 9.47. The molecule has 8 heteroatoms. The number of amides is 2. The summed E-state index contributed by atoms with van der Waals surface area (Å²) < 4.78 is 10.0. The van der Waals surface area contributed by atoms with Crippen molar-refractivity contribution in [3.05, 3.63) is 35.9 Å². The lowest BCUT2D eigenvalue weighted by Gasteiger charge is -2.21. The van der Waals surface area contributed by atoms with Crippen LogP contribution in [0.15, 0.2) is 30.3 Å². The van der Waals surface area contributed by atoms with Gasteiger partial charge in [0, 0.05) is 17.5 Å². The molecule has 0 radical (unpaired) electrons. The lowest BCUT2D eigenvalue weighted by Crippen LogP contribution is -2.52. The quantitative estimate of drug-likeness (QED) is 0.395. The van der Waals surface area contributed by atoms with Crippen LogP contribution in [0.5, 0.6) is 0 Å². The van der Waals surface area contributed by atoms with E-state index in [4.69, 9.17) is 9.47 Å². The van der Waals surface area contributed by atoms with E-state index in [1.165, 1.54) is 0 Å². The fraction of sp³-hybridized carbons (Fsp3) is 0.571. The van der Waals surface area contributed by atoms with Crippen LogP contribution in [0.3, 0.4) is 0 Å². The second kappa shape index (κ2) is 11.8. The summed E-state index contributed by atoms with van der Waals surface area (Å²) in [6.07, 6.45) is -0.140. The van der Waals surface area contributed by atoms with E-state index < -0.39 is 30.1 Å². The molecule has 0 aliphatic carbocycles. The summed E-state index contributed by atoms with van der Waals surface area (Å²) in [6, 6.07) is 9.29. The SMILES string of the molecule is CCOC(=O)[C@H]1O[C@@H]1C(=O)NC(CSCc1ccccc1)C(=O)NC(CC)CC. The van der Waals surface area contributed by atoms with Crippen molar-refractivity contribution in [2.24, 2.45) is 0 Å². The second-order valence-electron chi connectivity index (χ2n) is 6.81. The van der Waals surface area contributed by atoms with E-state index in [9.17, 15) is 14.4 Å². The van der Waals surface area contributed by atoms with Crippen molar-refractivity contribution in [1.82, 2.24) is 10.6 Å². The van der Waals surface area contributed by atoms with Gasteiger partial charge in [-0.3, -0.25) is 9.59 Å². The van der Waals surface area contributed by atoms with E-state index in [1.807, 2.05) is 44.2 Å². The minimum Gasteiger partial charge on any atom is -0.464 e. The largest absolute Gasteiger partial charge is 0.464 e. The zero-order chi connectivity index (χ0) is 21.2. The number of nitrogens with one attached hydrogen (secondary N) is 2. The van der Waals surface area contributed by atoms with E-state index in [1.54, 1.807) is 18.7 Å². The summed E-state index contributed by atoms with van der Waals surface area (Å²) in [5.41, 5.74) is 1.15. The fourth-order valence-electron chi connectivity index (χ4n) is 2.82. The van der Waals surface area contributed by atoms with Crippen molar-refractivity contribution in [3.63, 3.8) is 0 Å². The molecule has 1 aliphatic rings. The van der Waals surface area contributed by atoms with Crippen molar-refractivity contribution >= 4 is 29.5 Å². The summed E-state index contributed by atoms with van der Waals surface area (Å²) in [6.45, 7) is 5.93. The molecule has 0 aromatic heterocycles. The third kappa shape index (κ3) is 7.36. The lowest BCUT2D eigenvalue weighted by atomic mass is 10.1. The predicted octanol–water partition coefficient (Wildman–Crippen LogP) is 2.04. The molecule has 1 unspecified atom stereocenters. The number of carbonyl (C=O) groups excluding carboxylic acids is 3. The molecule has 160 valence electrons. The number of rotatable bonds is 12. The first-order chi connectivity index (χ1) is 14.0. The van der Waals surface area contributed by atoms with Gasteiger partial charge in [0.05, 0.1) is 6.61 Å². The van der Waals surface area contributed by atoms with Gasteiger partial charge in [-0.25, -0.2) is 4.79 Å². The Hall–Kier alpha value is -2.06. The number of esters is 1. The molecule has 1 aromatic rings. The van der Waals surface area contributed by atoms with Crippen LogP contribution in [-0.2, 0) is 29.6 Å². The van der Waals surface area contributed by atoms with Crippen molar-refractivity contribution in [1.29, 1.82) is 0 Å². The van der Waals surface area contributed by atoms with E-state index in [-0.39, 0.29) is 18.6 Å². The van der Waals surface area contributed by atoms with Gasteiger partial charge >= 0.3 is 5.97 Å². The molecule has 29 heavy (non-hydrogen) atoms. The van der Waals surface area contributed by atoms with E-state index in [2.05, 4.69) is 10.6 Å². The zero-order valence-corrected chi connectivity index (χ0v) is 18.0. The highest BCUT2D eigenvalue weighted by Crippen LogP contribution is 2.24. The van der Waals surface area contributed by atoms with Gasteiger partial charge in [0.25, 0.3) is 5.91 Å². The number of carbonyl (C=O) groups is 3. The van der Waals surface area contributed by atoms with Gasteiger partial charge in [-0.15, -0.1) is 0 Å². The summed E-state index contributed by atoms with van der Waals surface area (Å²) in [4.78, 5) is 36.9. The van der Waals surface area contributed by atoms with Crippen molar-refractivity contribution in [3.8, 4) is 0 Å². The molecule has 0 spiro atoms. The Morgan fingerprint density at radius 2 is 1.76 bits per heavy atom. The first kappa shape index (κ1) is 23.2. The molecule has 2 amide bonds. The Bertz CT molecular complexity index is 681. The summed E-state index contributed by atoms with van der Waals surface area (Å²) >= 11 is 1.57. The molecule has 1 heterocycles. The molecule has 1 fully saturated rings. The van der Waals surface area contributed by atoms with Crippen LogP contribution in [-0.4, -0.2) is 54.4 Å². The Morgan fingerprint density at radius 3 is 2.38 bits per heavy atom. The molecule has 2 rings (SSSR count). The minimum absolute atomic E-state index is 0.0606. The van der Waals surface area contributed by atoms with Gasteiger partial charge in [-0.1, -0.05) is 44.2 Å².